The minimum atomic E-state index is 0.324. The molecule has 2 aromatic carbocycles. The van der Waals surface area contributed by atoms with Gasteiger partial charge in [-0.2, -0.15) is 0 Å². The molecule has 0 unspecified atom stereocenters. The Kier molecular flexibility index (Phi) is 3.66. The second kappa shape index (κ2) is 5.44. The van der Waals surface area contributed by atoms with Crippen LogP contribution in [0.1, 0.15) is 0 Å². The van der Waals surface area contributed by atoms with Crippen LogP contribution in [0.25, 0.3) is 10.8 Å². The minimum absolute atomic E-state index is 0.324. The molecular weight excluding hydrogens is 319 g/mol. The highest BCUT2D eigenvalue weighted by molar-refractivity contribution is 6.34. The van der Waals surface area contributed by atoms with E-state index in [2.05, 4.69) is 10.2 Å². The van der Waals surface area contributed by atoms with Gasteiger partial charge in [-0.3, -0.25) is 0 Å². The van der Waals surface area contributed by atoms with Gasteiger partial charge in [0.15, 0.2) is 5.15 Å². The van der Waals surface area contributed by atoms with E-state index in [1.165, 1.54) is 0 Å². The van der Waals surface area contributed by atoms with Gasteiger partial charge < -0.3 is 4.74 Å². The summed E-state index contributed by atoms with van der Waals surface area (Å²) in [5.74, 6) is 0.745. The fourth-order valence-electron chi connectivity index (χ4n) is 1.78. The zero-order valence-electron chi connectivity index (χ0n) is 9.98. The summed E-state index contributed by atoms with van der Waals surface area (Å²) in [7, 11) is 0. The SMILES string of the molecule is Clc1ccc(Cl)c(Oc2nnc(Cl)c3ccccc23)c1. The number of hydrogen-bond acceptors (Lipinski definition) is 3. The van der Waals surface area contributed by atoms with Crippen molar-refractivity contribution in [3.05, 3.63) is 57.7 Å². The Bertz CT molecular complexity index is 792. The first-order valence-electron chi connectivity index (χ1n) is 5.69. The van der Waals surface area contributed by atoms with Gasteiger partial charge in [-0.05, 0) is 18.2 Å². The lowest BCUT2D eigenvalue weighted by Gasteiger charge is -2.09. The third-order valence-electron chi connectivity index (χ3n) is 2.71. The highest BCUT2D eigenvalue weighted by Crippen LogP contribution is 2.34. The lowest BCUT2D eigenvalue weighted by molar-refractivity contribution is 0.462. The molecule has 3 aromatic rings. The molecule has 0 aliphatic rings. The number of halogens is 3. The standard InChI is InChI=1S/C14H7Cl3N2O/c15-8-5-6-11(16)12(7-8)20-14-10-4-2-1-3-9(10)13(17)18-19-14/h1-7H. The van der Waals surface area contributed by atoms with E-state index >= 15 is 0 Å². The quantitative estimate of drug-likeness (QED) is 0.634. The van der Waals surface area contributed by atoms with Crippen molar-refractivity contribution in [1.29, 1.82) is 0 Å². The molecule has 3 nitrogen and oxygen atoms in total. The molecule has 0 aliphatic carbocycles. The predicted octanol–water partition coefficient (Wildman–Crippen LogP) is 5.38. The van der Waals surface area contributed by atoms with Crippen LogP contribution in [0.5, 0.6) is 11.6 Å². The molecule has 0 aliphatic heterocycles. The number of nitrogens with zero attached hydrogens (tertiary/aromatic N) is 2. The molecule has 0 spiro atoms. The molecule has 0 fully saturated rings. The molecule has 0 atom stereocenters. The number of rotatable bonds is 2. The number of benzene rings is 2. The maximum absolute atomic E-state index is 6.07. The molecule has 1 heterocycles. The predicted molar refractivity (Wildman–Crippen MR) is 81.1 cm³/mol. The van der Waals surface area contributed by atoms with Gasteiger partial charge in [-0.15, -0.1) is 10.2 Å². The van der Waals surface area contributed by atoms with E-state index in [0.29, 0.717) is 26.8 Å². The van der Waals surface area contributed by atoms with Crippen LogP contribution in [0.3, 0.4) is 0 Å². The van der Waals surface area contributed by atoms with E-state index in [1.807, 2.05) is 24.3 Å². The first kappa shape index (κ1) is 13.4. The van der Waals surface area contributed by atoms with Gasteiger partial charge in [-0.25, -0.2) is 0 Å². The normalized spacial score (nSPS) is 10.8. The van der Waals surface area contributed by atoms with E-state index in [1.54, 1.807) is 18.2 Å². The Morgan fingerprint density at radius 1 is 0.850 bits per heavy atom. The highest BCUT2D eigenvalue weighted by Gasteiger charge is 2.11. The van der Waals surface area contributed by atoms with Crippen LogP contribution < -0.4 is 4.74 Å². The average Bonchev–Trinajstić information content (AvgIpc) is 2.46. The summed E-state index contributed by atoms with van der Waals surface area (Å²) in [6.45, 7) is 0. The molecule has 100 valence electrons. The van der Waals surface area contributed by atoms with Crippen molar-refractivity contribution in [3.8, 4) is 11.6 Å². The van der Waals surface area contributed by atoms with Crippen LogP contribution in [0.2, 0.25) is 15.2 Å². The molecule has 0 bridgehead atoms. The molecule has 20 heavy (non-hydrogen) atoms. The first-order valence-corrected chi connectivity index (χ1v) is 6.82. The summed E-state index contributed by atoms with van der Waals surface area (Å²) in [5.41, 5.74) is 0. The molecule has 3 rings (SSSR count). The van der Waals surface area contributed by atoms with Gasteiger partial charge in [0.25, 0.3) is 0 Å². The summed E-state index contributed by atoms with van der Waals surface area (Å²) in [5, 5.41) is 10.6. The van der Waals surface area contributed by atoms with Crippen molar-refractivity contribution < 1.29 is 4.74 Å². The van der Waals surface area contributed by atoms with Crippen molar-refractivity contribution in [2.45, 2.75) is 0 Å². The van der Waals surface area contributed by atoms with E-state index in [0.717, 1.165) is 10.8 Å². The second-order valence-corrected chi connectivity index (χ2v) is 5.22. The highest BCUT2D eigenvalue weighted by atomic mass is 35.5. The minimum Gasteiger partial charge on any atom is -0.435 e. The van der Waals surface area contributed by atoms with E-state index < -0.39 is 0 Å². The fourth-order valence-corrected chi connectivity index (χ4v) is 2.30. The van der Waals surface area contributed by atoms with Gasteiger partial charge in [0.2, 0.25) is 5.88 Å². The Hall–Kier alpha value is -1.55. The summed E-state index contributed by atoms with van der Waals surface area (Å²) in [4.78, 5) is 0. The Morgan fingerprint density at radius 3 is 2.40 bits per heavy atom. The second-order valence-electron chi connectivity index (χ2n) is 4.02. The summed E-state index contributed by atoms with van der Waals surface area (Å²) < 4.78 is 5.71. The van der Waals surface area contributed by atoms with Crippen LogP contribution in [-0.4, -0.2) is 10.2 Å². The molecule has 0 saturated heterocycles. The van der Waals surface area contributed by atoms with Crippen molar-refractivity contribution in [2.75, 3.05) is 0 Å². The van der Waals surface area contributed by atoms with E-state index in [4.69, 9.17) is 39.5 Å². The van der Waals surface area contributed by atoms with Gasteiger partial charge in [-0.1, -0.05) is 53.0 Å². The maximum Gasteiger partial charge on any atom is 0.246 e. The van der Waals surface area contributed by atoms with Crippen LogP contribution in [-0.2, 0) is 0 Å². The Balaban J connectivity index is 2.11. The smallest absolute Gasteiger partial charge is 0.246 e. The number of hydrogen-bond donors (Lipinski definition) is 0. The summed E-state index contributed by atoms with van der Waals surface area (Å²) in [6, 6.07) is 12.4. The topological polar surface area (TPSA) is 35.0 Å². The number of aromatic nitrogens is 2. The molecule has 0 saturated carbocycles. The molecule has 1 aromatic heterocycles. The van der Waals surface area contributed by atoms with Crippen molar-refractivity contribution in [2.24, 2.45) is 0 Å². The fraction of sp³-hybridized carbons (Fsp3) is 0. The van der Waals surface area contributed by atoms with Crippen LogP contribution in [0.4, 0.5) is 0 Å². The molecule has 6 heteroatoms. The number of ether oxygens (including phenoxy) is 1. The molecule has 0 N–H and O–H groups in total. The lowest BCUT2D eigenvalue weighted by atomic mass is 10.2. The molecular formula is C14H7Cl3N2O. The largest absolute Gasteiger partial charge is 0.435 e. The van der Waals surface area contributed by atoms with Crippen molar-refractivity contribution >= 4 is 45.6 Å². The average molecular weight is 326 g/mol. The van der Waals surface area contributed by atoms with Crippen molar-refractivity contribution in [3.63, 3.8) is 0 Å². The lowest BCUT2D eigenvalue weighted by Crippen LogP contribution is -1.93. The van der Waals surface area contributed by atoms with Gasteiger partial charge in [0.1, 0.15) is 5.75 Å². The Labute approximate surface area is 130 Å². The van der Waals surface area contributed by atoms with Crippen LogP contribution >= 0.6 is 34.8 Å². The Morgan fingerprint density at radius 2 is 1.60 bits per heavy atom. The maximum atomic E-state index is 6.07. The first-order chi connectivity index (χ1) is 9.65. The van der Waals surface area contributed by atoms with Crippen LogP contribution in [0.15, 0.2) is 42.5 Å². The number of fused-ring (bicyclic) bond motifs is 1. The summed E-state index contributed by atoms with van der Waals surface area (Å²) >= 11 is 18.0. The van der Waals surface area contributed by atoms with Gasteiger partial charge in [0, 0.05) is 21.9 Å². The van der Waals surface area contributed by atoms with E-state index in [9.17, 15) is 0 Å². The molecule has 0 amide bonds. The third kappa shape index (κ3) is 2.52. The van der Waals surface area contributed by atoms with Gasteiger partial charge in [0.05, 0.1) is 5.02 Å². The summed E-state index contributed by atoms with van der Waals surface area (Å²) in [6.07, 6.45) is 0. The zero-order chi connectivity index (χ0) is 14.1. The van der Waals surface area contributed by atoms with E-state index in [-0.39, 0.29) is 0 Å². The van der Waals surface area contributed by atoms with Crippen LogP contribution in [0, 0.1) is 0 Å². The molecule has 0 radical (unpaired) electrons. The van der Waals surface area contributed by atoms with Gasteiger partial charge >= 0.3 is 0 Å². The zero-order valence-corrected chi connectivity index (χ0v) is 12.2. The van der Waals surface area contributed by atoms with Crippen molar-refractivity contribution in [1.82, 2.24) is 10.2 Å². The monoisotopic (exact) mass is 324 g/mol. The third-order valence-corrected chi connectivity index (χ3v) is 3.53.